The SMILES string of the molecule is CCN(CC)S(=O)(=O)c1cccc(-c2nnc(SCc3cn4ccccc4n3)o2)c1. The number of benzene rings is 1. The summed E-state index contributed by atoms with van der Waals surface area (Å²) in [5, 5.41) is 8.55. The number of nitrogens with zero attached hydrogens (tertiary/aromatic N) is 5. The summed E-state index contributed by atoms with van der Waals surface area (Å²) < 4.78 is 34.6. The van der Waals surface area contributed by atoms with Gasteiger partial charge in [-0.3, -0.25) is 0 Å². The van der Waals surface area contributed by atoms with Crippen molar-refractivity contribution in [1.29, 1.82) is 0 Å². The van der Waals surface area contributed by atoms with Gasteiger partial charge in [-0.2, -0.15) is 4.31 Å². The molecule has 0 aliphatic carbocycles. The summed E-state index contributed by atoms with van der Waals surface area (Å²) in [6.07, 6.45) is 3.90. The monoisotopic (exact) mass is 443 g/mol. The second-order valence-corrected chi connectivity index (χ2v) is 9.34. The number of thioether (sulfide) groups is 1. The van der Waals surface area contributed by atoms with Crippen LogP contribution in [-0.2, 0) is 15.8 Å². The molecule has 30 heavy (non-hydrogen) atoms. The molecule has 0 amide bonds. The van der Waals surface area contributed by atoms with E-state index >= 15 is 0 Å². The number of sulfonamides is 1. The molecule has 0 radical (unpaired) electrons. The summed E-state index contributed by atoms with van der Waals surface area (Å²) in [4.78, 5) is 4.75. The third kappa shape index (κ3) is 4.11. The Balaban J connectivity index is 1.51. The minimum atomic E-state index is -3.56. The van der Waals surface area contributed by atoms with Crippen LogP contribution in [0.5, 0.6) is 0 Å². The fraction of sp³-hybridized carbons (Fsp3) is 0.250. The van der Waals surface area contributed by atoms with Crippen molar-refractivity contribution in [3.8, 4) is 11.5 Å². The zero-order valence-electron chi connectivity index (χ0n) is 16.6. The first-order chi connectivity index (χ1) is 14.5. The van der Waals surface area contributed by atoms with Crippen molar-refractivity contribution in [2.75, 3.05) is 13.1 Å². The lowest BCUT2D eigenvalue weighted by atomic mass is 10.2. The Labute approximate surface area is 179 Å². The van der Waals surface area contributed by atoms with Gasteiger partial charge in [0.1, 0.15) is 5.65 Å². The number of hydrogen-bond donors (Lipinski definition) is 0. The molecule has 0 saturated heterocycles. The van der Waals surface area contributed by atoms with E-state index in [1.165, 1.54) is 16.1 Å². The Morgan fingerprint density at radius 2 is 1.93 bits per heavy atom. The van der Waals surface area contributed by atoms with E-state index in [4.69, 9.17) is 4.42 Å². The second kappa shape index (κ2) is 8.58. The van der Waals surface area contributed by atoms with Crippen LogP contribution in [0.2, 0.25) is 0 Å². The van der Waals surface area contributed by atoms with Crippen molar-refractivity contribution >= 4 is 27.4 Å². The molecule has 0 bridgehead atoms. The molecular formula is C20H21N5O3S2. The summed E-state index contributed by atoms with van der Waals surface area (Å²) in [6, 6.07) is 12.4. The van der Waals surface area contributed by atoms with Gasteiger partial charge in [0.2, 0.25) is 15.9 Å². The zero-order valence-corrected chi connectivity index (χ0v) is 18.2. The lowest BCUT2D eigenvalue weighted by Gasteiger charge is -2.18. The van der Waals surface area contributed by atoms with Gasteiger partial charge in [-0.1, -0.05) is 37.7 Å². The van der Waals surface area contributed by atoms with E-state index in [0.29, 0.717) is 29.6 Å². The standard InChI is InChI=1S/C20H21N5O3S2/c1-3-25(4-2)30(26,27)17-9-7-8-15(12-17)19-22-23-20(28-19)29-14-16-13-24-11-6-5-10-18(24)21-16/h5-13H,3-4,14H2,1-2H3. The van der Waals surface area contributed by atoms with Crippen LogP contribution in [0, 0.1) is 0 Å². The van der Waals surface area contributed by atoms with Gasteiger partial charge in [0, 0.05) is 36.8 Å². The van der Waals surface area contributed by atoms with Crippen molar-refractivity contribution in [1.82, 2.24) is 23.9 Å². The third-order valence-electron chi connectivity index (χ3n) is 4.59. The fourth-order valence-electron chi connectivity index (χ4n) is 3.08. The Bertz CT molecular complexity index is 1230. The molecule has 156 valence electrons. The van der Waals surface area contributed by atoms with Crippen LogP contribution in [-0.4, -0.2) is 45.4 Å². The highest BCUT2D eigenvalue weighted by Gasteiger charge is 2.22. The number of rotatable bonds is 8. The highest BCUT2D eigenvalue weighted by molar-refractivity contribution is 7.98. The fourth-order valence-corrected chi connectivity index (χ4v) is 5.23. The van der Waals surface area contributed by atoms with E-state index in [9.17, 15) is 8.42 Å². The van der Waals surface area contributed by atoms with Gasteiger partial charge in [0.25, 0.3) is 5.22 Å². The maximum atomic E-state index is 12.8. The first-order valence-electron chi connectivity index (χ1n) is 9.50. The highest BCUT2D eigenvalue weighted by atomic mass is 32.2. The molecule has 3 aromatic heterocycles. The number of hydrogen-bond acceptors (Lipinski definition) is 7. The molecule has 3 heterocycles. The van der Waals surface area contributed by atoms with Crippen molar-refractivity contribution < 1.29 is 12.8 Å². The van der Waals surface area contributed by atoms with Crippen LogP contribution in [0.15, 0.2) is 69.4 Å². The van der Waals surface area contributed by atoms with Gasteiger partial charge in [0.05, 0.1) is 10.6 Å². The summed E-state index contributed by atoms with van der Waals surface area (Å²) in [5.74, 6) is 0.865. The first-order valence-corrected chi connectivity index (χ1v) is 11.9. The van der Waals surface area contributed by atoms with E-state index in [0.717, 1.165) is 11.3 Å². The van der Waals surface area contributed by atoms with Crippen LogP contribution < -0.4 is 0 Å². The predicted molar refractivity (Wildman–Crippen MR) is 115 cm³/mol. The molecule has 0 fully saturated rings. The van der Waals surface area contributed by atoms with Gasteiger partial charge in [-0.05, 0) is 30.3 Å². The van der Waals surface area contributed by atoms with Gasteiger partial charge in [-0.25, -0.2) is 13.4 Å². The largest absolute Gasteiger partial charge is 0.411 e. The Kier molecular flexibility index (Phi) is 5.89. The predicted octanol–water partition coefficient (Wildman–Crippen LogP) is 3.71. The Morgan fingerprint density at radius 1 is 1.10 bits per heavy atom. The van der Waals surface area contributed by atoms with Crippen molar-refractivity contribution in [2.24, 2.45) is 0 Å². The lowest BCUT2D eigenvalue weighted by Crippen LogP contribution is -2.30. The summed E-state index contributed by atoms with van der Waals surface area (Å²) >= 11 is 1.38. The van der Waals surface area contributed by atoms with Crippen LogP contribution in [0.4, 0.5) is 0 Å². The number of aromatic nitrogens is 4. The minimum Gasteiger partial charge on any atom is -0.411 e. The van der Waals surface area contributed by atoms with Crippen LogP contribution in [0.3, 0.4) is 0 Å². The van der Waals surface area contributed by atoms with Gasteiger partial charge >= 0.3 is 0 Å². The molecule has 4 aromatic rings. The van der Waals surface area contributed by atoms with Crippen LogP contribution >= 0.6 is 11.8 Å². The van der Waals surface area contributed by atoms with Crippen LogP contribution in [0.1, 0.15) is 19.5 Å². The molecule has 0 aliphatic rings. The van der Waals surface area contributed by atoms with Crippen molar-refractivity contribution in [2.45, 2.75) is 29.7 Å². The number of pyridine rings is 1. The molecule has 0 spiro atoms. The number of fused-ring (bicyclic) bond motifs is 1. The summed E-state index contributed by atoms with van der Waals surface area (Å²) in [7, 11) is -3.56. The van der Waals surface area contributed by atoms with E-state index in [1.807, 2.05) is 48.8 Å². The second-order valence-electron chi connectivity index (χ2n) is 6.48. The summed E-state index contributed by atoms with van der Waals surface area (Å²) in [5.41, 5.74) is 2.35. The molecule has 8 nitrogen and oxygen atoms in total. The van der Waals surface area contributed by atoms with Gasteiger partial charge in [-0.15, -0.1) is 10.2 Å². The van der Waals surface area contributed by atoms with Crippen molar-refractivity contribution in [3.05, 3.63) is 60.6 Å². The molecule has 0 aliphatic heterocycles. The normalized spacial score (nSPS) is 12.1. The zero-order chi connectivity index (χ0) is 21.1. The average Bonchev–Trinajstić information content (AvgIpc) is 3.40. The number of imidazole rings is 1. The van der Waals surface area contributed by atoms with Crippen LogP contribution in [0.25, 0.3) is 17.1 Å². The molecule has 0 N–H and O–H groups in total. The van der Waals surface area contributed by atoms with E-state index in [1.54, 1.807) is 24.3 Å². The topological polar surface area (TPSA) is 93.6 Å². The Morgan fingerprint density at radius 3 is 2.70 bits per heavy atom. The van der Waals surface area contributed by atoms with Gasteiger partial charge < -0.3 is 8.82 Å². The molecule has 0 saturated carbocycles. The first kappa shape index (κ1) is 20.6. The molecule has 10 heteroatoms. The molecule has 0 atom stereocenters. The van der Waals surface area contributed by atoms with Crippen molar-refractivity contribution in [3.63, 3.8) is 0 Å². The lowest BCUT2D eigenvalue weighted by molar-refractivity contribution is 0.445. The van der Waals surface area contributed by atoms with E-state index in [-0.39, 0.29) is 10.8 Å². The Hall–Kier alpha value is -2.69. The van der Waals surface area contributed by atoms with E-state index in [2.05, 4.69) is 15.2 Å². The smallest absolute Gasteiger partial charge is 0.277 e. The average molecular weight is 444 g/mol. The third-order valence-corrected chi connectivity index (χ3v) is 7.49. The molecule has 1 aromatic carbocycles. The molecular weight excluding hydrogens is 422 g/mol. The quantitative estimate of drug-likeness (QED) is 0.383. The van der Waals surface area contributed by atoms with E-state index < -0.39 is 10.0 Å². The maximum absolute atomic E-state index is 12.8. The van der Waals surface area contributed by atoms with Gasteiger partial charge in [0.15, 0.2) is 0 Å². The summed E-state index contributed by atoms with van der Waals surface area (Å²) in [6.45, 7) is 4.45. The molecule has 4 rings (SSSR count). The highest BCUT2D eigenvalue weighted by Crippen LogP contribution is 2.27. The minimum absolute atomic E-state index is 0.209. The maximum Gasteiger partial charge on any atom is 0.277 e. The molecule has 0 unspecified atom stereocenters.